The van der Waals surface area contributed by atoms with Gasteiger partial charge >= 0.3 is 0 Å². The van der Waals surface area contributed by atoms with Crippen LogP contribution in [0.3, 0.4) is 0 Å². The molecule has 6 heteroatoms. The average molecular weight is 372 g/mol. The minimum absolute atomic E-state index is 0.00710. The standard InChI is InChI=1S/C21H28N2O4/c24-20(22-17-5-6-17)16-3-7-18(8-4-16)27-14-15-9-11-23(12-10-15)21(25)19-2-1-13-26-19/h3-4,7-8,15,17,19H,1-2,5-6,9-14H2,(H,22,24)/t19-/m1/s1. The van der Waals surface area contributed by atoms with Gasteiger partial charge in [0.1, 0.15) is 11.9 Å². The molecule has 1 aromatic carbocycles. The van der Waals surface area contributed by atoms with Gasteiger partial charge in [0.25, 0.3) is 11.8 Å². The highest BCUT2D eigenvalue weighted by Gasteiger charge is 2.31. The molecule has 3 aliphatic rings. The first-order valence-corrected chi connectivity index (χ1v) is 10.1. The summed E-state index contributed by atoms with van der Waals surface area (Å²) in [5, 5.41) is 2.99. The van der Waals surface area contributed by atoms with Crippen LogP contribution in [0.1, 0.15) is 48.9 Å². The third-order valence-electron chi connectivity index (χ3n) is 5.65. The van der Waals surface area contributed by atoms with Gasteiger partial charge in [-0.25, -0.2) is 0 Å². The molecule has 1 N–H and O–H groups in total. The highest BCUT2D eigenvalue weighted by atomic mass is 16.5. The van der Waals surface area contributed by atoms with Crippen LogP contribution in [0.4, 0.5) is 0 Å². The molecule has 2 aliphatic heterocycles. The van der Waals surface area contributed by atoms with Crippen LogP contribution in [0.15, 0.2) is 24.3 Å². The molecule has 0 unspecified atom stereocenters. The lowest BCUT2D eigenvalue weighted by Crippen LogP contribution is -2.44. The van der Waals surface area contributed by atoms with Gasteiger partial charge in [0.2, 0.25) is 0 Å². The monoisotopic (exact) mass is 372 g/mol. The van der Waals surface area contributed by atoms with Crippen LogP contribution in [-0.2, 0) is 9.53 Å². The molecular weight excluding hydrogens is 344 g/mol. The van der Waals surface area contributed by atoms with E-state index in [4.69, 9.17) is 9.47 Å². The van der Waals surface area contributed by atoms with Crippen molar-refractivity contribution < 1.29 is 19.1 Å². The lowest BCUT2D eigenvalue weighted by Gasteiger charge is -2.33. The summed E-state index contributed by atoms with van der Waals surface area (Å²) in [4.78, 5) is 26.3. The minimum atomic E-state index is -0.214. The fraction of sp³-hybridized carbons (Fsp3) is 0.619. The van der Waals surface area contributed by atoms with Gasteiger partial charge in [0, 0.05) is 31.3 Å². The van der Waals surface area contributed by atoms with Crippen LogP contribution in [0.2, 0.25) is 0 Å². The number of hydrogen-bond donors (Lipinski definition) is 1. The number of hydrogen-bond acceptors (Lipinski definition) is 4. The molecule has 1 atom stereocenters. The van der Waals surface area contributed by atoms with Crippen molar-refractivity contribution in [1.29, 1.82) is 0 Å². The van der Waals surface area contributed by atoms with E-state index in [9.17, 15) is 9.59 Å². The smallest absolute Gasteiger partial charge is 0.251 e. The number of benzene rings is 1. The summed E-state index contributed by atoms with van der Waals surface area (Å²) in [6, 6.07) is 7.72. The third kappa shape index (κ3) is 4.80. The second-order valence-corrected chi connectivity index (χ2v) is 7.85. The number of carbonyl (C=O) groups is 2. The quantitative estimate of drug-likeness (QED) is 0.833. The molecule has 0 radical (unpaired) electrons. The van der Waals surface area contributed by atoms with Crippen LogP contribution in [0.25, 0.3) is 0 Å². The molecule has 1 aromatic rings. The van der Waals surface area contributed by atoms with Gasteiger partial charge < -0.3 is 19.7 Å². The number of nitrogens with one attached hydrogen (secondary N) is 1. The molecule has 146 valence electrons. The zero-order valence-electron chi connectivity index (χ0n) is 15.7. The van der Waals surface area contributed by atoms with E-state index in [1.807, 2.05) is 29.2 Å². The van der Waals surface area contributed by atoms with Crippen molar-refractivity contribution in [2.45, 2.75) is 50.7 Å². The van der Waals surface area contributed by atoms with Crippen molar-refractivity contribution in [3.63, 3.8) is 0 Å². The van der Waals surface area contributed by atoms with E-state index in [-0.39, 0.29) is 17.9 Å². The Labute approximate surface area is 160 Å². The molecule has 1 saturated carbocycles. The second kappa shape index (κ2) is 8.30. The third-order valence-corrected chi connectivity index (χ3v) is 5.65. The molecular formula is C21H28N2O4. The fourth-order valence-electron chi connectivity index (χ4n) is 3.71. The number of likely N-dealkylation sites (tertiary alicyclic amines) is 1. The van der Waals surface area contributed by atoms with Crippen LogP contribution in [0, 0.1) is 5.92 Å². The molecule has 27 heavy (non-hydrogen) atoms. The van der Waals surface area contributed by atoms with Crippen LogP contribution in [-0.4, -0.2) is 55.2 Å². The summed E-state index contributed by atoms with van der Waals surface area (Å²) in [6.45, 7) is 2.93. The Bertz CT molecular complexity index is 657. The first kappa shape index (κ1) is 18.3. The van der Waals surface area contributed by atoms with Gasteiger partial charge in [0.15, 0.2) is 0 Å². The number of piperidine rings is 1. The van der Waals surface area contributed by atoms with E-state index in [2.05, 4.69) is 5.32 Å². The molecule has 6 nitrogen and oxygen atoms in total. The maximum atomic E-state index is 12.4. The van der Waals surface area contributed by atoms with Crippen molar-refractivity contribution in [2.75, 3.05) is 26.3 Å². The number of amides is 2. The summed E-state index contributed by atoms with van der Waals surface area (Å²) in [5.41, 5.74) is 0.676. The van der Waals surface area contributed by atoms with E-state index in [0.29, 0.717) is 30.7 Å². The Morgan fingerprint density at radius 1 is 1.07 bits per heavy atom. The molecule has 3 fully saturated rings. The maximum absolute atomic E-state index is 12.4. The second-order valence-electron chi connectivity index (χ2n) is 7.85. The molecule has 4 rings (SSSR count). The van der Waals surface area contributed by atoms with Crippen molar-refractivity contribution in [3.8, 4) is 5.75 Å². The van der Waals surface area contributed by atoms with Crippen molar-refractivity contribution in [3.05, 3.63) is 29.8 Å². The van der Waals surface area contributed by atoms with Gasteiger partial charge in [-0.05, 0) is 68.7 Å². The Morgan fingerprint density at radius 3 is 2.44 bits per heavy atom. The van der Waals surface area contributed by atoms with Gasteiger partial charge in [0.05, 0.1) is 6.61 Å². The predicted octanol–water partition coefficient (Wildman–Crippen LogP) is 2.38. The van der Waals surface area contributed by atoms with Gasteiger partial charge in [-0.1, -0.05) is 0 Å². The van der Waals surface area contributed by atoms with E-state index in [0.717, 1.165) is 57.4 Å². The Hall–Kier alpha value is -2.08. The first-order valence-electron chi connectivity index (χ1n) is 10.1. The Balaban J connectivity index is 1.19. The summed E-state index contributed by atoms with van der Waals surface area (Å²) >= 11 is 0. The van der Waals surface area contributed by atoms with Gasteiger partial charge in [-0.15, -0.1) is 0 Å². The summed E-state index contributed by atoms with van der Waals surface area (Å²) < 4.78 is 11.4. The van der Waals surface area contributed by atoms with E-state index >= 15 is 0 Å². The Kier molecular flexibility index (Phi) is 5.62. The number of ether oxygens (including phenoxy) is 2. The summed E-state index contributed by atoms with van der Waals surface area (Å²) in [7, 11) is 0. The molecule has 2 amide bonds. The zero-order valence-corrected chi connectivity index (χ0v) is 15.7. The maximum Gasteiger partial charge on any atom is 0.251 e. The average Bonchev–Trinajstić information content (AvgIpc) is 3.35. The Morgan fingerprint density at radius 2 is 1.81 bits per heavy atom. The normalized spacial score (nSPS) is 23.3. The van der Waals surface area contributed by atoms with E-state index in [1.165, 1.54) is 0 Å². The molecule has 0 bridgehead atoms. The molecule has 1 aliphatic carbocycles. The van der Waals surface area contributed by atoms with E-state index < -0.39 is 0 Å². The highest BCUT2D eigenvalue weighted by molar-refractivity contribution is 5.94. The number of rotatable bonds is 6. The topological polar surface area (TPSA) is 67.9 Å². The molecule has 2 heterocycles. The zero-order chi connectivity index (χ0) is 18.6. The lowest BCUT2D eigenvalue weighted by atomic mass is 9.97. The predicted molar refractivity (Wildman–Crippen MR) is 101 cm³/mol. The largest absolute Gasteiger partial charge is 0.493 e. The van der Waals surface area contributed by atoms with Crippen LogP contribution >= 0.6 is 0 Å². The number of nitrogens with zero attached hydrogens (tertiary/aromatic N) is 1. The van der Waals surface area contributed by atoms with Gasteiger partial charge in [-0.3, -0.25) is 9.59 Å². The highest BCUT2D eigenvalue weighted by Crippen LogP contribution is 2.23. The molecule has 0 aromatic heterocycles. The molecule has 0 spiro atoms. The molecule has 2 saturated heterocycles. The van der Waals surface area contributed by atoms with Crippen LogP contribution < -0.4 is 10.1 Å². The van der Waals surface area contributed by atoms with Crippen molar-refractivity contribution in [2.24, 2.45) is 5.92 Å². The number of carbonyl (C=O) groups excluding carboxylic acids is 2. The first-order chi connectivity index (χ1) is 13.2. The summed E-state index contributed by atoms with van der Waals surface area (Å²) in [6.07, 6.45) is 5.73. The fourth-order valence-corrected chi connectivity index (χ4v) is 3.71. The van der Waals surface area contributed by atoms with Crippen molar-refractivity contribution >= 4 is 11.8 Å². The van der Waals surface area contributed by atoms with Crippen LogP contribution in [0.5, 0.6) is 5.75 Å². The SMILES string of the molecule is O=C(NC1CC1)c1ccc(OCC2CCN(C(=O)[C@H]3CCCO3)CC2)cc1. The minimum Gasteiger partial charge on any atom is -0.493 e. The lowest BCUT2D eigenvalue weighted by molar-refractivity contribution is -0.142. The van der Waals surface area contributed by atoms with Crippen molar-refractivity contribution in [1.82, 2.24) is 10.2 Å². The summed E-state index contributed by atoms with van der Waals surface area (Å²) in [5.74, 6) is 1.39. The van der Waals surface area contributed by atoms with E-state index in [1.54, 1.807) is 0 Å². The van der Waals surface area contributed by atoms with Gasteiger partial charge in [-0.2, -0.15) is 0 Å².